The van der Waals surface area contributed by atoms with Crippen molar-refractivity contribution in [3.63, 3.8) is 0 Å². The summed E-state index contributed by atoms with van der Waals surface area (Å²) in [5.74, 6) is -1.67. The Kier molecular flexibility index (Phi) is 5.45. The second kappa shape index (κ2) is 7.11. The summed E-state index contributed by atoms with van der Waals surface area (Å²) in [6.45, 7) is 0.792. The van der Waals surface area contributed by atoms with Crippen molar-refractivity contribution >= 4 is 15.9 Å². The number of hydrogen-bond acceptors (Lipinski definition) is 2. The van der Waals surface area contributed by atoms with E-state index in [0.717, 1.165) is 16.1 Å². The van der Waals surface area contributed by atoms with Gasteiger partial charge in [0.15, 0.2) is 11.6 Å². The molecule has 0 aliphatic heterocycles. The highest BCUT2D eigenvalue weighted by molar-refractivity contribution is 9.10. The van der Waals surface area contributed by atoms with Crippen LogP contribution in [0.15, 0.2) is 46.9 Å². The molecule has 0 amide bonds. The zero-order valence-electron chi connectivity index (χ0n) is 11.7. The van der Waals surface area contributed by atoms with E-state index in [-0.39, 0.29) is 18.2 Å². The highest BCUT2D eigenvalue weighted by atomic mass is 79.9. The molecule has 0 aromatic heterocycles. The standard InChI is InChI=1S/C16H17BrF2N2/c1-21(10-11-5-2-3-7-13(11)17)15(9-20)12-6-4-8-14(18)16(12)19/h2-8,15H,9-10,20H2,1H3. The lowest BCUT2D eigenvalue weighted by Crippen LogP contribution is -2.31. The van der Waals surface area contributed by atoms with Gasteiger partial charge in [0, 0.05) is 23.1 Å². The zero-order valence-corrected chi connectivity index (χ0v) is 13.3. The first kappa shape index (κ1) is 16.1. The maximum absolute atomic E-state index is 14.0. The van der Waals surface area contributed by atoms with Crippen LogP contribution in [0.3, 0.4) is 0 Å². The number of nitrogens with two attached hydrogens (primary N) is 1. The molecule has 2 aromatic carbocycles. The molecule has 0 heterocycles. The molecule has 2 N–H and O–H groups in total. The summed E-state index contributed by atoms with van der Waals surface area (Å²) in [6, 6.07) is 11.6. The fraction of sp³-hybridized carbons (Fsp3) is 0.250. The summed E-state index contributed by atoms with van der Waals surface area (Å²) < 4.78 is 28.3. The number of hydrogen-bond donors (Lipinski definition) is 1. The minimum atomic E-state index is -0.847. The summed E-state index contributed by atoms with van der Waals surface area (Å²) in [6.07, 6.45) is 0. The lowest BCUT2D eigenvalue weighted by atomic mass is 10.0. The van der Waals surface area contributed by atoms with Crippen molar-refractivity contribution in [2.45, 2.75) is 12.6 Å². The predicted octanol–water partition coefficient (Wildman–Crippen LogP) is 3.86. The molecule has 5 heteroatoms. The number of rotatable bonds is 5. The fourth-order valence-corrected chi connectivity index (χ4v) is 2.74. The second-order valence-electron chi connectivity index (χ2n) is 4.90. The third-order valence-corrected chi connectivity index (χ3v) is 4.25. The number of nitrogens with zero attached hydrogens (tertiary/aromatic N) is 1. The monoisotopic (exact) mass is 354 g/mol. The third-order valence-electron chi connectivity index (χ3n) is 3.47. The van der Waals surface area contributed by atoms with Gasteiger partial charge in [-0.3, -0.25) is 4.90 Å². The zero-order chi connectivity index (χ0) is 15.4. The van der Waals surface area contributed by atoms with E-state index in [1.807, 2.05) is 36.2 Å². The molecule has 0 spiro atoms. The molecule has 0 saturated carbocycles. The fourth-order valence-electron chi connectivity index (χ4n) is 2.33. The van der Waals surface area contributed by atoms with Crippen LogP contribution in [0.2, 0.25) is 0 Å². The highest BCUT2D eigenvalue weighted by Crippen LogP contribution is 2.26. The average Bonchev–Trinajstić information content (AvgIpc) is 2.47. The van der Waals surface area contributed by atoms with Gasteiger partial charge in [-0.05, 0) is 24.7 Å². The van der Waals surface area contributed by atoms with Crippen LogP contribution in [0.25, 0.3) is 0 Å². The van der Waals surface area contributed by atoms with Gasteiger partial charge in [-0.2, -0.15) is 0 Å². The molecule has 0 fully saturated rings. The maximum Gasteiger partial charge on any atom is 0.163 e. The Morgan fingerprint density at radius 2 is 1.86 bits per heavy atom. The van der Waals surface area contributed by atoms with Crippen LogP contribution in [0, 0.1) is 11.6 Å². The SMILES string of the molecule is CN(Cc1ccccc1Br)C(CN)c1cccc(F)c1F. The predicted molar refractivity (Wildman–Crippen MR) is 83.8 cm³/mol. The number of benzene rings is 2. The van der Waals surface area contributed by atoms with Crippen LogP contribution in [0.1, 0.15) is 17.2 Å². The largest absolute Gasteiger partial charge is 0.329 e. The minimum Gasteiger partial charge on any atom is -0.329 e. The van der Waals surface area contributed by atoms with Gasteiger partial charge in [0.05, 0.1) is 6.04 Å². The van der Waals surface area contributed by atoms with Crippen LogP contribution in [0.5, 0.6) is 0 Å². The van der Waals surface area contributed by atoms with Crippen molar-refractivity contribution in [3.05, 3.63) is 69.7 Å². The Morgan fingerprint density at radius 1 is 1.14 bits per heavy atom. The van der Waals surface area contributed by atoms with Gasteiger partial charge in [0.2, 0.25) is 0 Å². The van der Waals surface area contributed by atoms with Crippen LogP contribution >= 0.6 is 15.9 Å². The lowest BCUT2D eigenvalue weighted by Gasteiger charge is -2.28. The summed E-state index contributed by atoms with van der Waals surface area (Å²) in [5.41, 5.74) is 7.12. The van der Waals surface area contributed by atoms with E-state index in [4.69, 9.17) is 5.73 Å². The molecule has 2 rings (SSSR count). The summed E-state index contributed by atoms with van der Waals surface area (Å²) in [7, 11) is 1.85. The van der Waals surface area contributed by atoms with Crippen molar-refractivity contribution in [1.29, 1.82) is 0 Å². The first-order valence-corrected chi connectivity index (χ1v) is 7.41. The second-order valence-corrected chi connectivity index (χ2v) is 5.76. The number of halogens is 3. The van der Waals surface area contributed by atoms with Crippen molar-refractivity contribution in [2.75, 3.05) is 13.6 Å². The van der Waals surface area contributed by atoms with Crippen LogP contribution in [-0.4, -0.2) is 18.5 Å². The van der Waals surface area contributed by atoms with Gasteiger partial charge >= 0.3 is 0 Å². The molecule has 2 aromatic rings. The quantitative estimate of drug-likeness (QED) is 0.883. The van der Waals surface area contributed by atoms with Crippen molar-refractivity contribution in [1.82, 2.24) is 4.90 Å². The number of likely N-dealkylation sites (N-methyl/N-ethyl adjacent to an activating group) is 1. The van der Waals surface area contributed by atoms with Gasteiger partial charge in [0.25, 0.3) is 0 Å². The Balaban J connectivity index is 2.25. The van der Waals surface area contributed by atoms with Gasteiger partial charge < -0.3 is 5.73 Å². The molecule has 0 aliphatic rings. The summed E-state index contributed by atoms with van der Waals surface area (Å²) in [5, 5.41) is 0. The lowest BCUT2D eigenvalue weighted by molar-refractivity contribution is 0.234. The van der Waals surface area contributed by atoms with Gasteiger partial charge in [0.1, 0.15) is 0 Å². The first-order chi connectivity index (χ1) is 10.0. The molecule has 0 saturated heterocycles. The smallest absolute Gasteiger partial charge is 0.163 e. The Labute approximate surface area is 131 Å². The molecular weight excluding hydrogens is 338 g/mol. The molecule has 0 aliphatic carbocycles. The van der Waals surface area contributed by atoms with E-state index < -0.39 is 11.6 Å². The Bertz CT molecular complexity index is 619. The molecule has 0 radical (unpaired) electrons. The van der Waals surface area contributed by atoms with Gasteiger partial charge in [-0.1, -0.05) is 46.3 Å². The molecule has 21 heavy (non-hydrogen) atoms. The maximum atomic E-state index is 14.0. The highest BCUT2D eigenvalue weighted by Gasteiger charge is 2.21. The van der Waals surface area contributed by atoms with E-state index in [9.17, 15) is 8.78 Å². The van der Waals surface area contributed by atoms with E-state index in [1.165, 1.54) is 6.07 Å². The molecule has 112 valence electrons. The summed E-state index contributed by atoms with van der Waals surface area (Å²) >= 11 is 3.49. The van der Waals surface area contributed by atoms with Crippen molar-refractivity contribution in [2.24, 2.45) is 5.73 Å². The van der Waals surface area contributed by atoms with Gasteiger partial charge in [-0.25, -0.2) is 8.78 Å². The molecular formula is C16H17BrF2N2. The van der Waals surface area contributed by atoms with Crippen molar-refractivity contribution < 1.29 is 8.78 Å². The van der Waals surface area contributed by atoms with Crippen LogP contribution in [-0.2, 0) is 6.54 Å². The molecule has 2 nitrogen and oxygen atoms in total. The normalized spacial score (nSPS) is 12.7. The van der Waals surface area contributed by atoms with E-state index >= 15 is 0 Å². The van der Waals surface area contributed by atoms with Crippen molar-refractivity contribution in [3.8, 4) is 0 Å². The molecule has 0 bridgehead atoms. The molecule has 1 unspecified atom stereocenters. The Hall–Kier alpha value is -1.30. The van der Waals surface area contributed by atoms with E-state index in [0.29, 0.717) is 6.54 Å². The van der Waals surface area contributed by atoms with Crippen LogP contribution < -0.4 is 5.73 Å². The summed E-state index contributed by atoms with van der Waals surface area (Å²) in [4.78, 5) is 1.91. The Morgan fingerprint density at radius 3 is 2.52 bits per heavy atom. The van der Waals surface area contributed by atoms with Crippen LogP contribution in [0.4, 0.5) is 8.78 Å². The van der Waals surface area contributed by atoms with E-state index in [2.05, 4.69) is 15.9 Å². The first-order valence-electron chi connectivity index (χ1n) is 6.62. The van der Waals surface area contributed by atoms with E-state index in [1.54, 1.807) is 6.07 Å². The van der Waals surface area contributed by atoms with Gasteiger partial charge in [-0.15, -0.1) is 0 Å². The average molecular weight is 355 g/mol. The minimum absolute atomic E-state index is 0.210. The third kappa shape index (κ3) is 3.67. The topological polar surface area (TPSA) is 29.3 Å². The molecule has 1 atom stereocenters.